The van der Waals surface area contributed by atoms with Crippen molar-refractivity contribution in [2.45, 2.75) is 38.5 Å². The second-order valence-electron chi connectivity index (χ2n) is 8.28. The summed E-state index contributed by atoms with van der Waals surface area (Å²) in [5, 5.41) is 9.61. The predicted octanol–water partition coefficient (Wildman–Crippen LogP) is 3.18. The average molecular weight is 522 g/mol. The van der Waals surface area contributed by atoms with Gasteiger partial charge in [-0.3, -0.25) is 18.9 Å². The van der Waals surface area contributed by atoms with E-state index in [0.717, 1.165) is 10.6 Å². The first-order valence-electron chi connectivity index (χ1n) is 11.2. The van der Waals surface area contributed by atoms with Gasteiger partial charge in [0.2, 0.25) is 0 Å². The molecule has 0 saturated heterocycles. The van der Waals surface area contributed by atoms with Crippen LogP contribution in [0.2, 0.25) is 5.02 Å². The second kappa shape index (κ2) is 10.3. The molecule has 190 valence electrons. The summed E-state index contributed by atoms with van der Waals surface area (Å²) in [6, 6.07) is 8.61. The molecule has 0 fully saturated rings. The number of pyridine rings is 1. The second-order valence-corrected chi connectivity index (χ2v) is 8.72. The summed E-state index contributed by atoms with van der Waals surface area (Å²) < 4.78 is 44.3. The fourth-order valence-corrected chi connectivity index (χ4v) is 4.24. The van der Waals surface area contributed by atoms with Gasteiger partial charge in [0.15, 0.2) is 11.2 Å². The minimum atomic E-state index is -4.51. The fraction of sp³-hybridized carbons (Fsp3) is 0.333. The highest BCUT2D eigenvalue weighted by atomic mass is 35.5. The van der Waals surface area contributed by atoms with E-state index in [4.69, 9.17) is 11.6 Å². The summed E-state index contributed by atoms with van der Waals surface area (Å²) in [6.07, 6.45) is -2.76. The van der Waals surface area contributed by atoms with E-state index in [1.165, 1.54) is 36.0 Å². The molecule has 0 aliphatic rings. The van der Waals surface area contributed by atoms with Crippen molar-refractivity contribution in [3.63, 3.8) is 0 Å². The molecule has 0 saturated carbocycles. The third kappa shape index (κ3) is 5.07. The number of nitrogens with zero attached hydrogens (tertiary/aromatic N) is 5. The molecular formula is C24H23ClF3N5O3. The number of aliphatic hydroxyl groups is 1. The number of hydrogen-bond donors (Lipinski definition) is 1. The van der Waals surface area contributed by atoms with Crippen molar-refractivity contribution in [3.05, 3.63) is 91.1 Å². The molecule has 0 radical (unpaired) electrons. The molecule has 3 heterocycles. The largest absolute Gasteiger partial charge is 0.416 e. The maximum Gasteiger partial charge on any atom is 0.416 e. The Hall–Kier alpha value is -3.44. The van der Waals surface area contributed by atoms with Crippen LogP contribution < -0.4 is 11.2 Å². The van der Waals surface area contributed by atoms with Crippen LogP contribution in [0.1, 0.15) is 29.1 Å². The molecule has 1 aromatic carbocycles. The van der Waals surface area contributed by atoms with Crippen molar-refractivity contribution in [1.82, 2.24) is 23.7 Å². The summed E-state index contributed by atoms with van der Waals surface area (Å²) >= 11 is 5.94. The molecule has 4 aromatic rings. The Morgan fingerprint density at radius 1 is 1.06 bits per heavy atom. The zero-order chi connectivity index (χ0) is 26.0. The van der Waals surface area contributed by atoms with E-state index in [0.29, 0.717) is 16.5 Å². The fourth-order valence-electron chi connectivity index (χ4n) is 4.13. The maximum absolute atomic E-state index is 13.5. The Kier molecular flexibility index (Phi) is 7.32. The van der Waals surface area contributed by atoms with E-state index in [-0.39, 0.29) is 55.7 Å². The molecule has 12 heteroatoms. The number of aryl methyl sites for hydroxylation is 3. The van der Waals surface area contributed by atoms with Crippen molar-refractivity contribution in [2.24, 2.45) is 7.05 Å². The van der Waals surface area contributed by atoms with Gasteiger partial charge in [0.1, 0.15) is 5.82 Å². The van der Waals surface area contributed by atoms with Gasteiger partial charge in [-0.1, -0.05) is 29.8 Å². The molecule has 0 aliphatic carbocycles. The smallest absolute Gasteiger partial charge is 0.396 e. The van der Waals surface area contributed by atoms with Crippen LogP contribution in [0.25, 0.3) is 11.2 Å². The van der Waals surface area contributed by atoms with Gasteiger partial charge in [0, 0.05) is 32.8 Å². The van der Waals surface area contributed by atoms with Gasteiger partial charge in [-0.2, -0.15) is 13.2 Å². The lowest BCUT2D eigenvalue weighted by molar-refractivity contribution is -0.138. The van der Waals surface area contributed by atoms with Gasteiger partial charge < -0.3 is 9.67 Å². The van der Waals surface area contributed by atoms with Crippen molar-refractivity contribution >= 4 is 22.8 Å². The molecule has 0 aliphatic heterocycles. The molecule has 0 unspecified atom stereocenters. The minimum Gasteiger partial charge on any atom is -0.396 e. The molecule has 36 heavy (non-hydrogen) atoms. The predicted molar refractivity (Wildman–Crippen MR) is 128 cm³/mol. The van der Waals surface area contributed by atoms with Crippen molar-refractivity contribution in [3.8, 4) is 0 Å². The molecule has 8 nitrogen and oxygen atoms in total. The third-order valence-electron chi connectivity index (χ3n) is 5.90. The van der Waals surface area contributed by atoms with Gasteiger partial charge in [-0.05, 0) is 36.6 Å². The standard InChI is InChI=1S/C24H23ClF3N5O3/c1-31-21-20(22(35)32(23(31)36)11-4-12-34)33(14-17-9-8-16(25)13-29-17)19(30-21)10-7-15-5-2-3-6-18(15)24(26,27)28/h2-3,5-6,8-9,13,34H,4,7,10-12,14H2,1H3. The van der Waals surface area contributed by atoms with Crippen molar-refractivity contribution in [2.75, 3.05) is 6.61 Å². The van der Waals surface area contributed by atoms with Gasteiger partial charge >= 0.3 is 11.9 Å². The van der Waals surface area contributed by atoms with Crippen LogP contribution in [0, 0.1) is 0 Å². The molecule has 3 aromatic heterocycles. The number of imidazole rings is 1. The lowest BCUT2D eigenvalue weighted by atomic mass is 10.0. The Bertz CT molecular complexity index is 1510. The zero-order valence-electron chi connectivity index (χ0n) is 19.3. The molecular weight excluding hydrogens is 499 g/mol. The summed E-state index contributed by atoms with van der Waals surface area (Å²) in [5.74, 6) is 0.339. The van der Waals surface area contributed by atoms with Crippen LogP contribution >= 0.6 is 11.6 Å². The Morgan fingerprint density at radius 3 is 2.47 bits per heavy atom. The van der Waals surface area contributed by atoms with Crippen molar-refractivity contribution < 1.29 is 18.3 Å². The molecule has 0 atom stereocenters. The maximum atomic E-state index is 13.5. The van der Waals surface area contributed by atoms with Gasteiger partial charge in [-0.25, -0.2) is 9.78 Å². The lowest BCUT2D eigenvalue weighted by Gasteiger charge is -2.13. The highest BCUT2D eigenvalue weighted by Crippen LogP contribution is 2.32. The lowest BCUT2D eigenvalue weighted by Crippen LogP contribution is -2.40. The zero-order valence-corrected chi connectivity index (χ0v) is 20.1. The first-order valence-corrected chi connectivity index (χ1v) is 11.5. The van der Waals surface area contributed by atoms with E-state index < -0.39 is 23.0 Å². The molecule has 0 bridgehead atoms. The number of rotatable bonds is 8. The van der Waals surface area contributed by atoms with E-state index >= 15 is 0 Å². The van der Waals surface area contributed by atoms with E-state index in [1.54, 1.807) is 16.7 Å². The Morgan fingerprint density at radius 2 is 1.81 bits per heavy atom. The first kappa shape index (κ1) is 25.6. The summed E-state index contributed by atoms with van der Waals surface area (Å²) in [4.78, 5) is 34.9. The number of halogens is 4. The Labute approximate surface area is 208 Å². The van der Waals surface area contributed by atoms with Crippen LogP contribution in [0.4, 0.5) is 13.2 Å². The third-order valence-corrected chi connectivity index (χ3v) is 6.12. The van der Waals surface area contributed by atoms with Crippen LogP contribution in [0.5, 0.6) is 0 Å². The van der Waals surface area contributed by atoms with E-state index in [9.17, 15) is 27.9 Å². The number of fused-ring (bicyclic) bond motifs is 1. The number of benzene rings is 1. The minimum absolute atomic E-state index is 0.0105. The molecule has 1 N–H and O–H groups in total. The van der Waals surface area contributed by atoms with Gasteiger partial charge in [0.25, 0.3) is 5.56 Å². The Balaban J connectivity index is 1.85. The SMILES string of the molecule is Cn1c(=O)n(CCCO)c(=O)c2c1nc(CCc1ccccc1C(F)(F)F)n2Cc1ccc(Cl)cn1. The van der Waals surface area contributed by atoms with Crippen molar-refractivity contribution in [1.29, 1.82) is 0 Å². The van der Waals surface area contributed by atoms with E-state index in [1.807, 2.05) is 0 Å². The highest BCUT2D eigenvalue weighted by molar-refractivity contribution is 6.30. The number of hydrogen-bond acceptors (Lipinski definition) is 5. The molecule has 4 rings (SSSR count). The summed E-state index contributed by atoms with van der Waals surface area (Å²) in [5.41, 5.74) is -1.02. The van der Waals surface area contributed by atoms with Crippen LogP contribution in [-0.2, 0) is 39.2 Å². The number of aliphatic hydroxyl groups excluding tert-OH is 1. The van der Waals surface area contributed by atoms with Crippen LogP contribution in [0.3, 0.4) is 0 Å². The van der Waals surface area contributed by atoms with Gasteiger partial charge in [-0.15, -0.1) is 0 Å². The number of alkyl halides is 3. The van der Waals surface area contributed by atoms with Crippen LogP contribution in [-0.4, -0.2) is 35.4 Å². The molecule has 0 amide bonds. The highest BCUT2D eigenvalue weighted by Gasteiger charge is 2.33. The normalized spacial score (nSPS) is 11.9. The topological polar surface area (TPSA) is 94.9 Å². The molecule has 0 spiro atoms. The summed E-state index contributed by atoms with van der Waals surface area (Å²) in [6.45, 7) is -0.0978. The van der Waals surface area contributed by atoms with Gasteiger partial charge in [0.05, 0.1) is 22.8 Å². The van der Waals surface area contributed by atoms with E-state index in [2.05, 4.69) is 9.97 Å². The average Bonchev–Trinajstić information content (AvgIpc) is 3.20. The first-order chi connectivity index (χ1) is 17.1. The monoisotopic (exact) mass is 521 g/mol. The quantitative estimate of drug-likeness (QED) is 0.384. The van der Waals surface area contributed by atoms with Crippen LogP contribution in [0.15, 0.2) is 52.2 Å². The number of aromatic nitrogens is 5. The summed E-state index contributed by atoms with van der Waals surface area (Å²) in [7, 11) is 1.47.